The number of nitrogens with zero attached hydrogens (tertiary/aromatic N) is 5. The predicted molar refractivity (Wildman–Crippen MR) is 129 cm³/mol. The van der Waals surface area contributed by atoms with Gasteiger partial charge in [-0.3, -0.25) is 14.1 Å². The van der Waals surface area contributed by atoms with Gasteiger partial charge in [0.1, 0.15) is 17.4 Å². The summed E-state index contributed by atoms with van der Waals surface area (Å²) < 4.78 is 36.5. The molecule has 20 heteroatoms. The fourth-order valence-electron chi connectivity index (χ4n) is 3.43. The Kier molecular flexibility index (Phi) is 7.09. The van der Waals surface area contributed by atoms with Crippen molar-refractivity contribution in [3.05, 3.63) is 28.9 Å². The fourth-order valence-corrected chi connectivity index (χ4v) is 4.86. The molecular formula is C19H17N7O11S2. The molecule has 0 bridgehead atoms. The maximum absolute atomic E-state index is 12.9. The molecule has 2 amide bonds. The normalized spacial score (nSPS) is 17.5. The number of aromatic hydroxyl groups is 2. The van der Waals surface area contributed by atoms with Crippen LogP contribution < -0.4 is 15.8 Å². The van der Waals surface area contributed by atoms with Crippen molar-refractivity contribution in [1.29, 1.82) is 0 Å². The van der Waals surface area contributed by atoms with Crippen LogP contribution in [0.5, 0.6) is 17.4 Å². The van der Waals surface area contributed by atoms with Crippen molar-refractivity contribution in [2.45, 2.75) is 25.6 Å². The molecule has 1 saturated heterocycles. The van der Waals surface area contributed by atoms with Crippen molar-refractivity contribution < 1.29 is 52.2 Å². The van der Waals surface area contributed by atoms with E-state index < -0.39 is 70.1 Å². The number of carbonyl (C=O) groups excluding carboxylic acids is 2. The number of oxime groups is 1. The molecule has 39 heavy (non-hydrogen) atoms. The summed E-state index contributed by atoms with van der Waals surface area (Å²) in [7, 11) is -4.83. The SMILES string of the molecule is C[C@H]1[C@H](NC(=O)/C(=N\OCc2nc3cc(O)c(O)cc3nc2OC(=O)O)c2csc(N)n2)C(=O)N1S(=O)(=O)O. The lowest BCUT2D eigenvalue weighted by Crippen LogP contribution is -2.71. The summed E-state index contributed by atoms with van der Waals surface area (Å²) in [6.07, 6.45) is -1.74. The Balaban J connectivity index is 1.60. The highest BCUT2D eigenvalue weighted by Crippen LogP contribution is 2.30. The van der Waals surface area contributed by atoms with Crippen LogP contribution in [0.1, 0.15) is 18.3 Å². The van der Waals surface area contributed by atoms with Crippen molar-refractivity contribution >= 4 is 61.5 Å². The van der Waals surface area contributed by atoms with E-state index in [4.69, 9.17) is 20.2 Å². The van der Waals surface area contributed by atoms with E-state index in [1.54, 1.807) is 0 Å². The minimum Gasteiger partial charge on any atom is -0.504 e. The van der Waals surface area contributed by atoms with Crippen LogP contribution in [0.4, 0.5) is 9.93 Å². The molecule has 2 atom stereocenters. The quantitative estimate of drug-likeness (QED) is 0.0490. The van der Waals surface area contributed by atoms with E-state index in [0.29, 0.717) is 0 Å². The van der Waals surface area contributed by atoms with E-state index in [-0.39, 0.29) is 31.9 Å². The molecule has 1 aromatic carbocycles. The number of ether oxygens (including phenoxy) is 1. The highest BCUT2D eigenvalue weighted by molar-refractivity contribution is 7.84. The molecule has 0 aliphatic carbocycles. The van der Waals surface area contributed by atoms with Gasteiger partial charge in [0.2, 0.25) is 0 Å². The minimum absolute atomic E-state index is 0.0231. The Bertz CT molecular complexity index is 1640. The van der Waals surface area contributed by atoms with E-state index in [1.165, 1.54) is 12.3 Å². The zero-order valence-electron chi connectivity index (χ0n) is 19.4. The Morgan fingerprint density at radius 3 is 2.38 bits per heavy atom. The standard InChI is InChI=1S/C19H17N7O11S2/c1-6-13(17(30)26(6)39(33,34)35)24-15(29)14(10-5-38-18(20)23-10)25-36-4-9-16(37-19(31)32)22-8-3-12(28)11(27)2-7(8)21-9/h2-3,5-6,13,27-28H,4H2,1H3,(H2,20,23)(H,24,29)(H,31,32)(H,33,34,35)/b25-14-/t6-,13-/m0/s1. The molecular weight excluding hydrogens is 566 g/mol. The molecule has 18 nitrogen and oxygen atoms in total. The van der Waals surface area contributed by atoms with Crippen LogP contribution in [0, 0.1) is 0 Å². The van der Waals surface area contributed by atoms with Gasteiger partial charge < -0.3 is 35.9 Å². The zero-order valence-corrected chi connectivity index (χ0v) is 21.0. The Labute approximate surface area is 221 Å². The van der Waals surface area contributed by atoms with Crippen LogP contribution in [0.15, 0.2) is 22.7 Å². The van der Waals surface area contributed by atoms with Crippen molar-refractivity contribution in [3.63, 3.8) is 0 Å². The zero-order chi connectivity index (χ0) is 28.6. The predicted octanol–water partition coefficient (Wildman–Crippen LogP) is -0.424. The second-order valence-electron chi connectivity index (χ2n) is 7.76. The average Bonchev–Trinajstić information content (AvgIpc) is 3.26. The summed E-state index contributed by atoms with van der Waals surface area (Å²) in [5.41, 5.74) is 4.82. The molecule has 0 radical (unpaired) electrons. The van der Waals surface area contributed by atoms with Crippen LogP contribution in [-0.2, 0) is 31.3 Å². The minimum atomic E-state index is -4.83. The molecule has 1 aliphatic rings. The van der Waals surface area contributed by atoms with Crippen molar-refractivity contribution in [2.75, 3.05) is 5.73 Å². The first-order chi connectivity index (χ1) is 18.3. The van der Waals surface area contributed by atoms with Gasteiger partial charge in [0.15, 0.2) is 28.9 Å². The third-order valence-electron chi connectivity index (χ3n) is 5.19. The molecule has 2 aromatic heterocycles. The van der Waals surface area contributed by atoms with Gasteiger partial charge in [-0.2, -0.15) is 8.42 Å². The maximum Gasteiger partial charge on any atom is 0.512 e. The first-order valence-electron chi connectivity index (χ1n) is 10.4. The third kappa shape index (κ3) is 5.56. The van der Waals surface area contributed by atoms with Crippen molar-refractivity contribution in [3.8, 4) is 17.4 Å². The van der Waals surface area contributed by atoms with Crippen molar-refractivity contribution in [2.24, 2.45) is 5.16 Å². The van der Waals surface area contributed by atoms with Gasteiger partial charge >= 0.3 is 16.5 Å². The lowest BCUT2D eigenvalue weighted by molar-refractivity contribution is -0.143. The maximum atomic E-state index is 12.9. The number of amides is 2. The molecule has 0 saturated carbocycles. The Hall–Kier alpha value is -4.82. The molecule has 206 valence electrons. The number of phenolic OH excluding ortho intramolecular Hbond substituents is 2. The second kappa shape index (κ2) is 10.2. The number of phenols is 2. The van der Waals surface area contributed by atoms with Crippen LogP contribution in [0.2, 0.25) is 0 Å². The van der Waals surface area contributed by atoms with Crippen LogP contribution in [0.25, 0.3) is 11.0 Å². The monoisotopic (exact) mass is 583 g/mol. The highest BCUT2D eigenvalue weighted by atomic mass is 32.2. The highest BCUT2D eigenvalue weighted by Gasteiger charge is 2.51. The topological polar surface area (TPSA) is 277 Å². The number of fused-ring (bicyclic) bond motifs is 1. The smallest absolute Gasteiger partial charge is 0.504 e. The number of carboxylic acid groups (broad SMARTS) is 1. The average molecular weight is 584 g/mol. The number of nitrogen functional groups attached to an aromatic ring is 1. The Morgan fingerprint density at radius 2 is 1.85 bits per heavy atom. The van der Waals surface area contributed by atoms with Gasteiger partial charge in [-0.1, -0.05) is 5.16 Å². The number of hydrogen-bond donors (Lipinski definition) is 6. The van der Waals surface area contributed by atoms with E-state index in [0.717, 1.165) is 23.5 Å². The third-order valence-corrected chi connectivity index (χ3v) is 6.87. The molecule has 1 aliphatic heterocycles. The summed E-state index contributed by atoms with van der Waals surface area (Å²) >= 11 is 0.948. The summed E-state index contributed by atoms with van der Waals surface area (Å²) in [4.78, 5) is 53.3. The van der Waals surface area contributed by atoms with Gasteiger partial charge in [0.25, 0.3) is 17.7 Å². The van der Waals surface area contributed by atoms with E-state index in [1.807, 2.05) is 0 Å². The first-order valence-corrected chi connectivity index (χ1v) is 12.7. The number of β-lactam (4-membered cyclic amide) rings is 1. The van der Waals surface area contributed by atoms with Gasteiger partial charge in [-0.15, -0.1) is 11.3 Å². The number of nitrogens with one attached hydrogen (secondary N) is 1. The van der Waals surface area contributed by atoms with Gasteiger partial charge in [0, 0.05) is 17.5 Å². The number of nitrogens with two attached hydrogens (primary N) is 1. The summed E-state index contributed by atoms with van der Waals surface area (Å²) in [5, 5.41) is 35.8. The number of hydrogen-bond acceptors (Lipinski definition) is 15. The summed E-state index contributed by atoms with van der Waals surface area (Å²) in [6.45, 7) is 0.646. The van der Waals surface area contributed by atoms with E-state index in [2.05, 4.69) is 30.2 Å². The molecule has 1 fully saturated rings. The molecule has 4 rings (SSSR count). The first kappa shape index (κ1) is 27.2. The molecule has 3 heterocycles. The molecule has 0 unspecified atom stereocenters. The molecule has 0 spiro atoms. The van der Waals surface area contributed by atoms with Gasteiger partial charge in [0.05, 0.1) is 17.1 Å². The lowest BCUT2D eigenvalue weighted by atomic mass is 10.0. The number of carbonyl (C=O) groups is 3. The van der Waals surface area contributed by atoms with Gasteiger partial charge in [-0.05, 0) is 6.92 Å². The van der Waals surface area contributed by atoms with Crippen LogP contribution >= 0.6 is 11.3 Å². The number of benzene rings is 1. The van der Waals surface area contributed by atoms with Crippen LogP contribution in [-0.4, -0.2) is 83.3 Å². The fraction of sp³-hybridized carbons (Fsp3) is 0.211. The van der Waals surface area contributed by atoms with Crippen LogP contribution in [0.3, 0.4) is 0 Å². The largest absolute Gasteiger partial charge is 0.512 e. The number of rotatable bonds is 8. The second-order valence-corrected chi connectivity index (χ2v) is 9.94. The number of aromatic nitrogens is 3. The molecule has 3 aromatic rings. The van der Waals surface area contributed by atoms with Crippen molar-refractivity contribution in [1.82, 2.24) is 24.6 Å². The van der Waals surface area contributed by atoms with E-state index in [9.17, 15) is 33.0 Å². The number of thiazole rings is 1. The lowest BCUT2D eigenvalue weighted by Gasteiger charge is -2.42. The van der Waals surface area contributed by atoms with Gasteiger partial charge in [-0.25, -0.2) is 24.1 Å². The number of anilines is 1. The molecule has 7 N–H and O–H groups in total. The Morgan fingerprint density at radius 1 is 1.21 bits per heavy atom. The van der Waals surface area contributed by atoms with E-state index >= 15 is 0 Å². The summed E-state index contributed by atoms with van der Waals surface area (Å²) in [5.74, 6) is -3.72. The summed E-state index contributed by atoms with van der Waals surface area (Å²) in [6, 6.07) is -0.362.